The molecule has 0 saturated carbocycles. The van der Waals surface area contributed by atoms with Crippen molar-refractivity contribution in [3.05, 3.63) is 69.8 Å². The van der Waals surface area contributed by atoms with Crippen molar-refractivity contribution in [2.75, 3.05) is 43.4 Å². The van der Waals surface area contributed by atoms with Gasteiger partial charge in [0.05, 0.1) is 16.7 Å². The van der Waals surface area contributed by atoms with Gasteiger partial charge in [0, 0.05) is 37.9 Å². The summed E-state index contributed by atoms with van der Waals surface area (Å²) in [6.45, 7) is 4.90. The first kappa shape index (κ1) is 24.8. The van der Waals surface area contributed by atoms with Crippen LogP contribution in [0.5, 0.6) is 11.6 Å². The highest BCUT2D eigenvalue weighted by molar-refractivity contribution is 5.96. The van der Waals surface area contributed by atoms with Gasteiger partial charge in [0.1, 0.15) is 17.3 Å². The molecular formula is C24H26FN7O4. The number of nitrogens with one attached hydrogen (secondary N) is 1. The van der Waals surface area contributed by atoms with Crippen LogP contribution >= 0.6 is 0 Å². The quantitative estimate of drug-likeness (QED) is 0.355. The molecule has 1 saturated heterocycles. The number of nitro benzene ring substituents is 1. The SMILES string of the molecule is CCc1nc(C(N)=O)c(Nc2ccc(N3CCN(C)CC3)c(F)c2)nc1Oc1cccc([N+](=O)[O-])c1. The highest BCUT2D eigenvalue weighted by atomic mass is 19.1. The van der Waals surface area contributed by atoms with Gasteiger partial charge in [0.25, 0.3) is 11.6 Å². The van der Waals surface area contributed by atoms with Crippen molar-refractivity contribution in [3.63, 3.8) is 0 Å². The molecule has 1 aromatic heterocycles. The van der Waals surface area contributed by atoms with Crippen LogP contribution in [0.3, 0.4) is 0 Å². The molecule has 1 amide bonds. The van der Waals surface area contributed by atoms with Crippen LogP contribution in [0.2, 0.25) is 0 Å². The topological polar surface area (TPSA) is 140 Å². The molecular weight excluding hydrogens is 469 g/mol. The van der Waals surface area contributed by atoms with Crippen LogP contribution in [0.15, 0.2) is 42.5 Å². The lowest BCUT2D eigenvalue weighted by molar-refractivity contribution is -0.384. The van der Waals surface area contributed by atoms with Crippen LogP contribution in [-0.4, -0.2) is 58.9 Å². The third-order valence-corrected chi connectivity index (χ3v) is 5.80. The molecule has 0 radical (unpaired) electrons. The second-order valence-corrected chi connectivity index (χ2v) is 8.33. The minimum absolute atomic E-state index is 0.0214. The van der Waals surface area contributed by atoms with Gasteiger partial charge in [-0.05, 0) is 37.7 Å². The Balaban J connectivity index is 1.64. The lowest BCUT2D eigenvalue weighted by Crippen LogP contribution is -2.44. The first-order valence-corrected chi connectivity index (χ1v) is 11.4. The number of likely N-dealkylation sites (N-methyl/N-ethyl adjacent to an activating group) is 1. The summed E-state index contributed by atoms with van der Waals surface area (Å²) in [5.74, 6) is -1.05. The van der Waals surface area contributed by atoms with E-state index in [1.165, 1.54) is 30.3 Å². The zero-order valence-electron chi connectivity index (χ0n) is 19.9. The standard InChI is InChI=1S/C24H26FN7O4/c1-3-19-24(36-17-6-4-5-16(14-17)32(34)35)29-23(21(28-19)22(26)33)27-15-7-8-20(18(25)13-15)31-11-9-30(2)10-12-31/h4-8,13-14H,3,9-12H2,1-2H3,(H2,26,33)(H,27,29). The second-order valence-electron chi connectivity index (χ2n) is 8.33. The fourth-order valence-corrected chi connectivity index (χ4v) is 3.82. The van der Waals surface area contributed by atoms with E-state index in [0.29, 0.717) is 36.6 Å². The van der Waals surface area contributed by atoms with E-state index in [2.05, 4.69) is 20.2 Å². The lowest BCUT2D eigenvalue weighted by Gasteiger charge is -2.34. The number of nitrogens with two attached hydrogens (primary N) is 1. The maximum absolute atomic E-state index is 15.0. The number of nitrogens with zero attached hydrogens (tertiary/aromatic N) is 5. The van der Waals surface area contributed by atoms with Gasteiger partial charge in [-0.3, -0.25) is 14.9 Å². The number of anilines is 3. The number of rotatable bonds is 8. The molecule has 0 unspecified atom stereocenters. The molecule has 0 spiro atoms. The number of halogens is 1. The second kappa shape index (κ2) is 10.5. The number of primary amides is 1. The number of non-ortho nitro benzene ring substituents is 1. The van der Waals surface area contributed by atoms with Gasteiger partial charge in [-0.25, -0.2) is 9.37 Å². The maximum atomic E-state index is 15.0. The van der Waals surface area contributed by atoms with Gasteiger partial charge in [-0.15, -0.1) is 0 Å². The number of benzene rings is 2. The number of amides is 1. The van der Waals surface area contributed by atoms with E-state index >= 15 is 0 Å². The van der Waals surface area contributed by atoms with Crippen LogP contribution in [0.4, 0.5) is 27.3 Å². The number of aromatic nitrogens is 2. The van der Waals surface area contributed by atoms with Crippen molar-refractivity contribution >= 4 is 28.8 Å². The Morgan fingerprint density at radius 3 is 2.58 bits per heavy atom. The van der Waals surface area contributed by atoms with Gasteiger partial charge in [0.15, 0.2) is 11.5 Å². The van der Waals surface area contributed by atoms with Crippen molar-refractivity contribution in [1.29, 1.82) is 0 Å². The van der Waals surface area contributed by atoms with Crippen LogP contribution < -0.4 is 20.7 Å². The van der Waals surface area contributed by atoms with Crippen molar-refractivity contribution in [2.24, 2.45) is 5.73 Å². The molecule has 188 valence electrons. The number of piperazine rings is 1. The fraction of sp³-hybridized carbons (Fsp3) is 0.292. The van der Waals surface area contributed by atoms with E-state index in [4.69, 9.17) is 10.5 Å². The maximum Gasteiger partial charge on any atom is 0.273 e. The Bertz CT molecular complexity index is 1300. The number of nitro groups is 1. The summed E-state index contributed by atoms with van der Waals surface area (Å²) < 4.78 is 20.8. The number of carbonyl (C=O) groups excluding carboxylic acids is 1. The normalized spacial score (nSPS) is 13.9. The Morgan fingerprint density at radius 2 is 1.94 bits per heavy atom. The molecule has 1 fully saturated rings. The molecule has 36 heavy (non-hydrogen) atoms. The Hall–Kier alpha value is -4.32. The zero-order valence-corrected chi connectivity index (χ0v) is 19.9. The monoisotopic (exact) mass is 495 g/mol. The number of carbonyl (C=O) groups is 1. The third kappa shape index (κ3) is 5.49. The Labute approximate surface area is 206 Å². The zero-order chi connectivity index (χ0) is 25.8. The van der Waals surface area contributed by atoms with Crippen LogP contribution in [0, 0.1) is 15.9 Å². The van der Waals surface area contributed by atoms with Gasteiger partial charge >= 0.3 is 0 Å². The van der Waals surface area contributed by atoms with Crippen molar-refractivity contribution in [2.45, 2.75) is 13.3 Å². The molecule has 1 aliphatic rings. The smallest absolute Gasteiger partial charge is 0.273 e. The van der Waals surface area contributed by atoms with E-state index in [9.17, 15) is 19.3 Å². The molecule has 1 aliphatic heterocycles. The highest BCUT2D eigenvalue weighted by Gasteiger charge is 2.21. The molecule has 2 aromatic carbocycles. The van der Waals surface area contributed by atoms with Crippen molar-refractivity contribution in [3.8, 4) is 11.6 Å². The predicted octanol–water partition coefficient (Wildman–Crippen LogP) is 3.47. The molecule has 3 N–H and O–H groups in total. The summed E-state index contributed by atoms with van der Waals surface area (Å²) >= 11 is 0. The summed E-state index contributed by atoms with van der Waals surface area (Å²) in [7, 11) is 2.03. The molecule has 11 nitrogen and oxygen atoms in total. The van der Waals surface area contributed by atoms with E-state index < -0.39 is 16.6 Å². The minimum atomic E-state index is -0.823. The number of hydrogen-bond donors (Lipinski definition) is 2. The summed E-state index contributed by atoms with van der Waals surface area (Å²) in [6.07, 6.45) is 0.353. The van der Waals surface area contributed by atoms with Crippen LogP contribution in [0.1, 0.15) is 23.1 Å². The van der Waals surface area contributed by atoms with Gasteiger partial charge in [-0.2, -0.15) is 4.98 Å². The average molecular weight is 496 g/mol. The Kier molecular flexibility index (Phi) is 7.25. The molecule has 0 aliphatic carbocycles. The summed E-state index contributed by atoms with van der Waals surface area (Å²) in [5, 5.41) is 14.0. The first-order valence-electron chi connectivity index (χ1n) is 11.4. The van der Waals surface area contributed by atoms with Gasteiger partial charge in [0.2, 0.25) is 5.88 Å². The van der Waals surface area contributed by atoms with Crippen LogP contribution in [-0.2, 0) is 6.42 Å². The molecule has 4 rings (SSSR count). The largest absolute Gasteiger partial charge is 0.437 e. The van der Waals surface area contributed by atoms with Gasteiger partial charge in [-0.1, -0.05) is 13.0 Å². The molecule has 0 bridgehead atoms. The van der Waals surface area contributed by atoms with E-state index in [1.54, 1.807) is 19.1 Å². The van der Waals surface area contributed by atoms with Gasteiger partial charge < -0.3 is 25.6 Å². The molecule has 12 heteroatoms. The molecule has 2 heterocycles. The summed E-state index contributed by atoms with van der Waals surface area (Å²) in [5.41, 5.74) is 6.40. The highest BCUT2D eigenvalue weighted by Crippen LogP contribution is 2.30. The summed E-state index contributed by atoms with van der Waals surface area (Å²) in [4.78, 5) is 35.5. The molecule has 0 atom stereocenters. The van der Waals surface area contributed by atoms with Crippen molar-refractivity contribution in [1.82, 2.24) is 14.9 Å². The average Bonchev–Trinajstić information content (AvgIpc) is 2.85. The lowest BCUT2D eigenvalue weighted by atomic mass is 10.2. The first-order chi connectivity index (χ1) is 17.2. The minimum Gasteiger partial charge on any atom is -0.437 e. The van der Waals surface area contributed by atoms with E-state index in [0.717, 1.165) is 13.1 Å². The van der Waals surface area contributed by atoms with Crippen molar-refractivity contribution < 1.29 is 18.8 Å². The van der Waals surface area contributed by atoms with Crippen LogP contribution in [0.25, 0.3) is 0 Å². The van der Waals surface area contributed by atoms with E-state index in [-0.39, 0.29) is 28.8 Å². The number of hydrogen-bond acceptors (Lipinski definition) is 9. The number of aryl methyl sites for hydroxylation is 1. The third-order valence-electron chi connectivity index (χ3n) is 5.80. The summed E-state index contributed by atoms with van der Waals surface area (Å²) in [6, 6.07) is 10.3. The van der Waals surface area contributed by atoms with E-state index in [1.807, 2.05) is 11.9 Å². The Morgan fingerprint density at radius 1 is 1.19 bits per heavy atom. The molecule has 3 aromatic rings. The number of ether oxygens (including phenoxy) is 1. The fourth-order valence-electron chi connectivity index (χ4n) is 3.82. The predicted molar refractivity (Wildman–Crippen MR) is 132 cm³/mol.